The van der Waals surface area contributed by atoms with Gasteiger partial charge in [-0.05, 0) is 36.9 Å². The van der Waals surface area contributed by atoms with E-state index in [0.29, 0.717) is 36.0 Å². The van der Waals surface area contributed by atoms with Gasteiger partial charge in [0.2, 0.25) is 5.95 Å². The molecule has 4 rings (SSSR count). The highest BCUT2D eigenvalue weighted by atomic mass is 32.1. The summed E-state index contributed by atoms with van der Waals surface area (Å²) >= 11 is 1.56. The van der Waals surface area contributed by atoms with Crippen LogP contribution in [0.5, 0.6) is 0 Å². The third-order valence-corrected chi connectivity index (χ3v) is 5.34. The first-order valence-corrected chi connectivity index (χ1v) is 9.85. The number of nitrogens with one attached hydrogen (secondary N) is 2. The lowest BCUT2D eigenvalue weighted by molar-refractivity contribution is -0.113. The molecule has 3 N–H and O–H groups in total. The first-order chi connectivity index (χ1) is 13.7. The quantitative estimate of drug-likeness (QED) is 0.592. The van der Waals surface area contributed by atoms with E-state index in [0.717, 1.165) is 10.6 Å². The van der Waals surface area contributed by atoms with Gasteiger partial charge in [0, 0.05) is 29.8 Å². The summed E-state index contributed by atoms with van der Waals surface area (Å²) in [6.45, 7) is 1.94. The van der Waals surface area contributed by atoms with Crippen molar-refractivity contribution in [2.75, 3.05) is 17.2 Å². The maximum atomic E-state index is 13.1. The summed E-state index contributed by atoms with van der Waals surface area (Å²) in [6, 6.07) is 8.93. The van der Waals surface area contributed by atoms with Crippen molar-refractivity contribution in [3.63, 3.8) is 0 Å². The first kappa shape index (κ1) is 18.3. The molecular formula is C19H20N6O2S. The number of amides is 1. The molecular weight excluding hydrogens is 376 g/mol. The van der Waals surface area contributed by atoms with Crippen LogP contribution in [0.4, 0.5) is 11.8 Å². The lowest BCUT2D eigenvalue weighted by Crippen LogP contribution is -2.31. The summed E-state index contributed by atoms with van der Waals surface area (Å²) in [4.78, 5) is 22.8. The van der Waals surface area contributed by atoms with Crippen LogP contribution in [0.2, 0.25) is 0 Å². The van der Waals surface area contributed by atoms with Crippen LogP contribution in [0.15, 0.2) is 53.2 Å². The van der Waals surface area contributed by atoms with Gasteiger partial charge in [0.05, 0.1) is 5.57 Å². The zero-order valence-corrected chi connectivity index (χ0v) is 16.1. The molecule has 3 aromatic rings. The molecule has 0 aromatic carbocycles. The number of pyridine rings is 1. The molecule has 1 aliphatic rings. The number of allylic oxidation sites excluding steroid dienone is 1. The molecule has 0 spiro atoms. The Hall–Kier alpha value is -3.04. The molecule has 1 aliphatic heterocycles. The molecule has 0 bridgehead atoms. The predicted molar refractivity (Wildman–Crippen MR) is 107 cm³/mol. The second-order valence-corrected chi connectivity index (χ2v) is 7.35. The number of fused-ring (bicyclic) bond motifs is 1. The van der Waals surface area contributed by atoms with Gasteiger partial charge in [-0.25, -0.2) is 9.67 Å². The van der Waals surface area contributed by atoms with Gasteiger partial charge in [0.1, 0.15) is 11.9 Å². The molecule has 0 fully saturated rings. The molecule has 4 heterocycles. The number of hydrogen-bond acceptors (Lipinski definition) is 7. The van der Waals surface area contributed by atoms with Crippen molar-refractivity contribution in [1.82, 2.24) is 19.7 Å². The van der Waals surface area contributed by atoms with E-state index < -0.39 is 0 Å². The van der Waals surface area contributed by atoms with Crippen LogP contribution in [0.25, 0.3) is 0 Å². The summed E-state index contributed by atoms with van der Waals surface area (Å²) in [6.07, 6.45) is 2.80. The van der Waals surface area contributed by atoms with Crippen molar-refractivity contribution in [3.8, 4) is 0 Å². The highest BCUT2D eigenvalue weighted by Gasteiger charge is 2.34. The molecule has 0 aliphatic carbocycles. The summed E-state index contributed by atoms with van der Waals surface area (Å²) in [7, 11) is 0. The van der Waals surface area contributed by atoms with Crippen LogP contribution in [0.3, 0.4) is 0 Å². The number of carbonyl (C=O) groups excluding carboxylic acids is 1. The van der Waals surface area contributed by atoms with Gasteiger partial charge in [-0.2, -0.15) is 10.1 Å². The van der Waals surface area contributed by atoms with E-state index in [2.05, 4.69) is 25.7 Å². The molecule has 0 radical (unpaired) electrons. The minimum Gasteiger partial charge on any atom is -0.396 e. The average molecular weight is 396 g/mol. The smallest absolute Gasteiger partial charge is 0.257 e. The Morgan fingerprint density at radius 1 is 1.36 bits per heavy atom. The normalized spacial score (nSPS) is 15.9. The van der Waals surface area contributed by atoms with Gasteiger partial charge < -0.3 is 15.7 Å². The summed E-state index contributed by atoms with van der Waals surface area (Å²) in [5.41, 5.74) is 1.29. The maximum Gasteiger partial charge on any atom is 0.257 e. The van der Waals surface area contributed by atoms with Crippen molar-refractivity contribution < 1.29 is 9.90 Å². The third kappa shape index (κ3) is 3.54. The van der Waals surface area contributed by atoms with Crippen molar-refractivity contribution in [3.05, 3.63) is 63.9 Å². The van der Waals surface area contributed by atoms with Crippen molar-refractivity contribution in [2.45, 2.75) is 25.8 Å². The van der Waals surface area contributed by atoms with Gasteiger partial charge in [0.25, 0.3) is 5.91 Å². The lowest BCUT2D eigenvalue weighted by atomic mass is 10.0. The van der Waals surface area contributed by atoms with E-state index in [1.54, 1.807) is 34.3 Å². The Balaban J connectivity index is 1.72. The highest BCUT2D eigenvalue weighted by Crippen LogP contribution is 2.37. The molecule has 9 heteroatoms. The number of nitrogens with zero attached hydrogens (tertiary/aromatic N) is 4. The molecule has 0 saturated carbocycles. The van der Waals surface area contributed by atoms with Gasteiger partial charge >= 0.3 is 0 Å². The zero-order chi connectivity index (χ0) is 19.5. The topological polar surface area (TPSA) is 105 Å². The fourth-order valence-corrected chi connectivity index (χ4v) is 3.98. The Morgan fingerprint density at radius 3 is 2.96 bits per heavy atom. The van der Waals surface area contributed by atoms with Gasteiger partial charge in [-0.3, -0.25) is 4.79 Å². The number of carbonyl (C=O) groups is 1. The largest absolute Gasteiger partial charge is 0.396 e. The van der Waals surface area contributed by atoms with Gasteiger partial charge in [-0.15, -0.1) is 11.3 Å². The number of thiophene rings is 1. The van der Waals surface area contributed by atoms with Crippen LogP contribution in [0, 0.1) is 0 Å². The first-order valence-electron chi connectivity index (χ1n) is 8.97. The van der Waals surface area contributed by atoms with Crippen molar-refractivity contribution >= 4 is 29.0 Å². The number of anilines is 2. The number of rotatable bonds is 6. The van der Waals surface area contributed by atoms with Crippen LogP contribution < -0.4 is 10.6 Å². The number of aliphatic hydroxyl groups excluding tert-OH is 1. The zero-order valence-electron chi connectivity index (χ0n) is 15.3. The van der Waals surface area contributed by atoms with E-state index in [1.807, 2.05) is 30.5 Å². The molecule has 0 saturated heterocycles. The number of aromatic nitrogens is 4. The van der Waals surface area contributed by atoms with E-state index in [9.17, 15) is 4.79 Å². The molecule has 1 atom stereocenters. The minimum absolute atomic E-state index is 0.0840. The molecule has 144 valence electrons. The third-order valence-electron chi connectivity index (χ3n) is 4.42. The fourth-order valence-electron chi connectivity index (χ4n) is 3.16. The average Bonchev–Trinajstić information content (AvgIpc) is 3.35. The van der Waals surface area contributed by atoms with E-state index >= 15 is 0 Å². The number of aliphatic hydroxyl groups is 1. The van der Waals surface area contributed by atoms with Crippen LogP contribution in [-0.2, 0) is 11.2 Å². The summed E-state index contributed by atoms with van der Waals surface area (Å²) in [5.74, 6) is 1.49. The van der Waals surface area contributed by atoms with Gasteiger partial charge in [-0.1, -0.05) is 12.1 Å². The van der Waals surface area contributed by atoms with E-state index in [1.165, 1.54) is 0 Å². The maximum absolute atomic E-state index is 13.1. The Labute approximate surface area is 166 Å². The summed E-state index contributed by atoms with van der Waals surface area (Å²) < 4.78 is 1.75. The monoisotopic (exact) mass is 396 g/mol. The van der Waals surface area contributed by atoms with E-state index in [4.69, 9.17) is 5.11 Å². The summed E-state index contributed by atoms with van der Waals surface area (Å²) in [5, 5.41) is 21.7. The fraction of sp³-hybridized carbons (Fsp3) is 0.263. The second kappa shape index (κ2) is 7.91. The minimum atomic E-state index is -0.379. The predicted octanol–water partition coefficient (Wildman–Crippen LogP) is 2.59. The van der Waals surface area contributed by atoms with Crippen LogP contribution >= 0.6 is 11.3 Å². The Bertz CT molecular complexity index is 997. The standard InChI is InChI=1S/C19H20N6O2S/c1-12-16(18(27)22-14-7-2-3-9-20-14)17(13-6-5-11-28-13)25-19(21-12)23-15(24-25)8-4-10-26/h2-3,5-7,9,11,17,26H,4,8,10H2,1H3,(H,20,22,27)(H,21,23,24). The molecule has 1 unspecified atom stereocenters. The Kier molecular flexibility index (Phi) is 5.18. The van der Waals surface area contributed by atoms with E-state index in [-0.39, 0.29) is 18.6 Å². The van der Waals surface area contributed by atoms with Gasteiger partial charge in [0.15, 0.2) is 5.82 Å². The van der Waals surface area contributed by atoms with Crippen LogP contribution in [-0.4, -0.2) is 37.4 Å². The van der Waals surface area contributed by atoms with Crippen molar-refractivity contribution in [2.24, 2.45) is 0 Å². The molecule has 3 aromatic heterocycles. The molecule has 28 heavy (non-hydrogen) atoms. The second-order valence-electron chi connectivity index (χ2n) is 6.37. The number of aryl methyl sites for hydroxylation is 1. The lowest BCUT2D eigenvalue weighted by Gasteiger charge is -2.27. The SMILES string of the molecule is CC1=C(C(=O)Nc2ccccn2)C(c2cccs2)n2nc(CCCO)nc2N1. The Morgan fingerprint density at radius 2 is 2.25 bits per heavy atom. The molecule has 1 amide bonds. The van der Waals surface area contributed by atoms with Crippen molar-refractivity contribution in [1.29, 1.82) is 0 Å². The highest BCUT2D eigenvalue weighted by molar-refractivity contribution is 7.10. The molecule has 8 nitrogen and oxygen atoms in total. The van der Waals surface area contributed by atoms with Crippen LogP contribution in [0.1, 0.15) is 30.1 Å². The number of hydrogen-bond donors (Lipinski definition) is 3.